The van der Waals surface area contributed by atoms with Gasteiger partial charge in [0.1, 0.15) is 0 Å². The molecule has 3 N–H and O–H groups in total. The monoisotopic (exact) mass is 337 g/mol. The first-order chi connectivity index (χ1) is 11.2. The standard InChI is InChI=1S/C19H32ClN3/c1-2-3-4-5-6-7-8-9-10-11-16-22-19(21)23-18-14-12-17(20)13-15-18/h12-15H,2-11,16H2,1H3,(H3,21,22,23). The second-order valence-corrected chi connectivity index (χ2v) is 6.52. The second kappa shape index (κ2) is 13.2. The molecule has 0 atom stereocenters. The maximum atomic E-state index is 5.87. The fourth-order valence-corrected chi connectivity index (χ4v) is 2.65. The highest BCUT2D eigenvalue weighted by Crippen LogP contribution is 2.13. The topological polar surface area (TPSA) is 50.4 Å². The number of hydrogen-bond donors (Lipinski definition) is 2. The lowest BCUT2D eigenvalue weighted by Crippen LogP contribution is -2.22. The third kappa shape index (κ3) is 11.0. The molecule has 1 aromatic carbocycles. The number of halogens is 1. The van der Waals surface area contributed by atoms with E-state index in [0.29, 0.717) is 5.96 Å². The van der Waals surface area contributed by atoms with Crippen LogP contribution in [0.3, 0.4) is 0 Å². The van der Waals surface area contributed by atoms with Crippen LogP contribution in [0.4, 0.5) is 5.69 Å². The summed E-state index contributed by atoms with van der Waals surface area (Å²) in [6.07, 6.45) is 13.3. The van der Waals surface area contributed by atoms with Crippen molar-refractivity contribution in [3.05, 3.63) is 29.3 Å². The fourth-order valence-electron chi connectivity index (χ4n) is 2.52. The Kier molecular flexibility index (Phi) is 11.4. The van der Waals surface area contributed by atoms with Gasteiger partial charge in [0, 0.05) is 17.3 Å². The summed E-state index contributed by atoms with van der Waals surface area (Å²) >= 11 is 5.85. The SMILES string of the molecule is CCCCCCCCCCCCN=C(N)Nc1ccc(Cl)cc1. The van der Waals surface area contributed by atoms with E-state index in [1.165, 1.54) is 57.8 Å². The second-order valence-electron chi connectivity index (χ2n) is 6.08. The van der Waals surface area contributed by atoms with Crippen molar-refractivity contribution in [2.24, 2.45) is 10.7 Å². The van der Waals surface area contributed by atoms with E-state index in [1.54, 1.807) is 0 Å². The highest BCUT2D eigenvalue weighted by atomic mass is 35.5. The number of guanidine groups is 1. The number of nitrogens with one attached hydrogen (secondary N) is 1. The molecule has 0 aliphatic carbocycles. The predicted molar refractivity (Wildman–Crippen MR) is 103 cm³/mol. The highest BCUT2D eigenvalue weighted by molar-refractivity contribution is 6.30. The molecule has 4 heteroatoms. The third-order valence-corrected chi connectivity index (χ3v) is 4.16. The van der Waals surface area contributed by atoms with Gasteiger partial charge in [-0.2, -0.15) is 0 Å². The smallest absolute Gasteiger partial charge is 0.193 e. The van der Waals surface area contributed by atoms with Crippen molar-refractivity contribution in [2.75, 3.05) is 11.9 Å². The molecule has 1 aromatic rings. The molecule has 0 bridgehead atoms. The Morgan fingerprint density at radius 2 is 1.43 bits per heavy atom. The normalized spacial score (nSPS) is 11.7. The molecular weight excluding hydrogens is 306 g/mol. The first kappa shape index (κ1) is 19.8. The number of benzene rings is 1. The van der Waals surface area contributed by atoms with Crippen LogP contribution >= 0.6 is 11.6 Å². The van der Waals surface area contributed by atoms with Gasteiger partial charge in [-0.3, -0.25) is 4.99 Å². The van der Waals surface area contributed by atoms with E-state index in [4.69, 9.17) is 17.3 Å². The average Bonchev–Trinajstić information content (AvgIpc) is 2.55. The molecule has 0 heterocycles. The van der Waals surface area contributed by atoms with Gasteiger partial charge in [0.25, 0.3) is 0 Å². The lowest BCUT2D eigenvalue weighted by molar-refractivity contribution is 0.558. The lowest BCUT2D eigenvalue weighted by atomic mass is 10.1. The number of aliphatic imine (C=N–C) groups is 1. The maximum Gasteiger partial charge on any atom is 0.193 e. The van der Waals surface area contributed by atoms with Crippen LogP contribution in [-0.4, -0.2) is 12.5 Å². The van der Waals surface area contributed by atoms with Crippen molar-refractivity contribution in [2.45, 2.75) is 71.1 Å². The van der Waals surface area contributed by atoms with E-state index >= 15 is 0 Å². The van der Waals surface area contributed by atoms with Gasteiger partial charge < -0.3 is 11.1 Å². The quantitative estimate of drug-likeness (QED) is 0.279. The zero-order valence-electron chi connectivity index (χ0n) is 14.5. The summed E-state index contributed by atoms with van der Waals surface area (Å²) in [5.74, 6) is 0.475. The Morgan fingerprint density at radius 1 is 0.913 bits per heavy atom. The van der Waals surface area contributed by atoms with Crippen molar-refractivity contribution in [3.8, 4) is 0 Å². The Labute approximate surface area is 146 Å². The van der Waals surface area contributed by atoms with E-state index in [9.17, 15) is 0 Å². The van der Waals surface area contributed by atoms with Gasteiger partial charge >= 0.3 is 0 Å². The average molecular weight is 338 g/mol. The van der Waals surface area contributed by atoms with Crippen LogP contribution in [0, 0.1) is 0 Å². The minimum absolute atomic E-state index is 0.475. The van der Waals surface area contributed by atoms with Crippen molar-refractivity contribution in [1.29, 1.82) is 0 Å². The van der Waals surface area contributed by atoms with Gasteiger partial charge in [0.2, 0.25) is 0 Å². The van der Waals surface area contributed by atoms with Gasteiger partial charge in [0.15, 0.2) is 5.96 Å². The number of rotatable bonds is 12. The molecule has 0 saturated heterocycles. The van der Waals surface area contributed by atoms with Crippen LogP contribution in [0.5, 0.6) is 0 Å². The van der Waals surface area contributed by atoms with Gasteiger partial charge in [-0.25, -0.2) is 0 Å². The molecule has 0 amide bonds. The summed E-state index contributed by atoms with van der Waals surface area (Å²) < 4.78 is 0. The molecule has 0 unspecified atom stereocenters. The Bertz CT molecular complexity index is 429. The van der Waals surface area contributed by atoms with Crippen molar-refractivity contribution in [1.82, 2.24) is 0 Å². The maximum absolute atomic E-state index is 5.87. The summed E-state index contributed by atoms with van der Waals surface area (Å²) in [6.45, 7) is 3.06. The van der Waals surface area contributed by atoms with Crippen LogP contribution in [0.1, 0.15) is 71.1 Å². The molecule has 0 fully saturated rings. The van der Waals surface area contributed by atoms with Crippen molar-refractivity contribution >= 4 is 23.2 Å². The van der Waals surface area contributed by atoms with Crippen LogP contribution in [0.15, 0.2) is 29.3 Å². The summed E-state index contributed by atoms with van der Waals surface area (Å²) in [5.41, 5.74) is 6.79. The Morgan fingerprint density at radius 3 is 2.00 bits per heavy atom. The third-order valence-electron chi connectivity index (χ3n) is 3.91. The molecular formula is C19H32ClN3. The molecule has 0 radical (unpaired) electrons. The lowest BCUT2D eigenvalue weighted by Gasteiger charge is -2.05. The van der Waals surface area contributed by atoms with E-state index in [1.807, 2.05) is 24.3 Å². The van der Waals surface area contributed by atoms with Crippen molar-refractivity contribution < 1.29 is 0 Å². The van der Waals surface area contributed by atoms with Gasteiger partial charge in [-0.05, 0) is 30.7 Å². The molecule has 1 rings (SSSR count). The summed E-state index contributed by atoms with van der Waals surface area (Å²) in [6, 6.07) is 7.45. The largest absolute Gasteiger partial charge is 0.370 e. The number of hydrogen-bond acceptors (Lipinski definition) is 1. The molecule has 0 aromatic heterocycles. The van der Waals surface area contributed by atoms with Crippen molar-refractivity contribution in [3.63, 3.8) is 0 Å². The highest BCUT2D eigenvalue weighted by Gasteiger charge is 1.96. The molecule has 23 heavy (non-hydrogen) atoms. The number of unbranched alkanes of at least 4 members (excludes halogenated alkanes) is 9. The van der Waals surface area contributed by atoms with Crippen LogP contribution in [0.25, 0.3) is 0 Å². The molecule has 0 aliphatic rings. The zero-order valence-corrected chi connectivity index (χ0v) is 15.2. The molecule has 0 spiro atoms. The number of nitrogens with zero attached hydrogens (tertiary/aromatic N) is 1. The summed E-state index contributed by atoms with van der Waals surface area (Å²) in [4.78, 5) is 4.36. The summed E-state index contributed by atoms with van der Waals surface area (Å²) in [7, 11) is 0. The molecule has 130 valence electrons. The minimum atomic E-state index is 0.475. The number of anilines is 1. The molecule has 3 nitrogen and oxygen atoms in total. The Hall–Kier alpha value is -1.22. The minimum Gasteiger partial charge on any atom is -0.370 e. The Balaban J connectivity index is 1.97. The first-order valence-corrected chi connectivity index (χ1v) is 9.42. The number of nitrogens with two attached hydrogens (primary N) is 1. The fraction of sp³-hybridized carbons (Fsp3) is 0.632. The van der Waals surface area contributed by atoms with Gasteiger partial charge in [0.05, 0.1) is 0 Å². The van der Waals surface area contributed by atoms with E-state index in [0.717, 1.165) is 23.7 Å². The summed E-state index contributed by atoms with van der Waals surface area (Å²) in [5, 5.41) is 3.79. The van der Waals surface area contributed by atoms with Gasteiger partial charge in [-0.15, -0.1) is 0 Å². The van der Waals surface area contributed by atoms with Crippen LogP contribution in [0.2, 0.25) is 5.02 Å². The van der Waals surface area contributed by atoms with Crippen LogP contribution in [-0.2, 0) is 0 Å². The molecule has 0 saturated carbocycles. The molecule has 0 aliphatic heterocycles. The van der Waals surface area contributed by atoms with E-state index < -0.39 is 0 Å². The zero-order chi connectivity index (χ0) is 16.8. The van der Waals surface area contributed by atoms with E-state index in [-0.39, 0.29) is 0 Å². The predicted octanol–water partition coefficient (Wildman–Crippen LogP) is 5.99. The van der Waals surface area contributed by atoms with Gasteiger partial charge in [-0.1, -0.05) is 76.3 Å². The van der Waals surface area contributed by atoms with Crippen LogP contribution < -0.4 is 11.1 Å². The first-order valence-electron chi connectivity index (χ1n) is 9.05. The van der Waals surface area contributed by atoms with E-state index in [2.05, 4.69) is 17.2 Å².